The normalized spacial score (nSPS) is 17.0. The van der Waals surface area contributed by atoms with Crippen molar-refractivity contribution >= 4 is 27.0 Å². The molecule has 0 amide bonds. The summed E-state index contributed by atoms with van der Waals surface area (Å²) < 4.78 is 32.1. The number of hydrogen-bond donors (Lipinski definition) is 2. The Kier molecular flexibility index (Phi) is 5.52. The van der Waals surface area contributed by atoms with Crippen LogP contribution in [0, 0.1) is 0 Å². The van der Waals surface area contributed by atoms with Crippen molar-refractivity contribution in [2.24, 2.45) is 0 Å². The van der Waals surface area contributed by atoms with Gasteiger partial charge in [-0.1, -0.05) is 18.2 Å². The van der Waals surface area contributed by atoms with Gasteiger partial charge in [-0.05, 0) is 29.1 Å². The Balaban J connectivity index is 1.60. The first-order chi connectivity index (χ1) is 11.6. The second kappa shape index (κ2) is 7.62. The van der Waals surface area contributed by atoms with E-state index >= 15 is 0 Å². The number of aliphatic hydroxyl groups excluding tert-OH is 1. The third-order valence-electron chi connectivity index (χ3n) is 3.88. The van der Waals surface area contributed by atoms with Gasteiger partial charge in [-0.15, -0.1) is 11.3 Å². The second-order valence-electron chi connectivity index (χ2n) is 5.49. The van der Waals surface area contributed by atoms with Gasteiger partial charge in [0.2, 0.25) is 10.0 Å². The van der Waals surface area contributed by atoms with Gasteiger partial charge >= 0.3 is 0 Å². The van der Waals surface area contributed by atoms with Crippen LogP contribution in [0.2, 0.25) is 0 Å². The maximum Gasteiger partial charge on any atom is 0.250 e. The van der Waals surface area contributed by atoms with Gasteiger partial charge < -0.3 is 14.7 Å². The summed E-state index contributed by atoms with van der Waals surface area (Å²) in [6.07, 6.45) is -0.890. The molecule has 0 aliphatic carbocycles. The zero-order valence-corrected chi connectivity index (χ0v) is 14.7. The average Bonchev–Trinajstić information content (AvgIpc) is 3.16. The lowest BCUT2D eigenvalue weighted by Crippen LogP contribution is -2.36. The van der Waals surface area contributed by atoms with Crippen LogP contribution in [0.1, 0.15) is 11.7 Å². The summed E-state index contributed by atoms with van der Waals surface area (Å²) in [7, 11) is -3.56. The first-order valence-corrected chi connectivity index (χ1v) is 10.1. The van der Waals surface area contributed by atoms with Crippen molar-refractivity contribution in [2.45, 2.75) is 10.3 Å². The van der Waals surface area contributed by atoms with Crippen LogP contribution in [0.4, 0.5) is 5.69 Å². The molecule has 1 saturated heterocycles. The highest BCUT2D eigenvalue weighted by Crippen LogP contribution is 2.21. The van der Waals surface area contributed by atoms with Gasteiger partial charge in [0, 0.05) is 25.3 Å². The molecule has 1 unspecified atom stereocenters. The lowest BCUT2D eigenvalue weighted by atomic mass is 10.1. The standard InChI is InChI=1S/C16H20N2O4S2/c19-15(12-17-24(20,21)16-2-1-11-23-16)13-3-5-14(6-4-13)18-7-9-22-10-8-18/h1-6,11,15,17,19H,7-10,12H2. The highest BCUT2D eigenvalue weighted by molar-refractivity contribution is 7.91. The van der Waals surface area contributed by atoms with E-state index in [0.717, 1.165) is 43.3 Å². The minimum Gasteiger partial charge on any atom is -0.387 e. The van der Waals surface area contributed by atoms with Crippen LogP contribution in [0.15, 0.2) is 46.0 Å². The quantitative estimate of drug-likeness (QED) is 0.810. The number of morpholine rings is 1. The van der Waals surface area contributed by atoms with Gasteiger partial charge in [-0.2, -0.15) is 0 Å². The van der Waals surface area contributed by atoms with Gasteiger partial charge in [0.1, 0.15) is 4.21 Å². The van der Waals surface area contributed by atoms with Crippen molar-refractivity contribution in [1.82, 2.24) is 4.72 Å². The molecule has 1 aliphatic rings. The van der Waals surface area contributed by atoms with Gasteiger partial charge in [0.15, 0.2) is 0 Å². The Labute approximate surface area is 145 Å². The minimum atomic E-state index is -3.56. The van der Waals surface area contributed by atoms with Gasteiger partial charge in [0.05, 0.1) is 19.3 Å². The van der Waals surface area contributed by atoms with Crippen LogP contribution >= 0.6 is 11.3 Å². The maximum atomic E-state index is 12.1. The van der Waals surface area contributed by atoms with Crippen LogP contribution in [0.25, 0.3) is 0 Å². The topological polar surface area (TPSA) is 78.9 Å². The molecule has 1 aliphatic heterocycles. The smallest absolute Gasteiger partial charge is 0.250 e. The predicted octanol–water partition coefficient (Wildman–Crippen LogP) is 1.60. The van der Waals surface area contributed by atoms with E-state index in [1.807, 2.05) is 24.3 Å². The Morgan fingerprint density at radius 1 is 1.21 bits per heavy atom. The Morgan fingerprint density at radius 3 is 2.54 bits per heavy atom. The molecule has 8 heteroatoms. The molecule has 130 valence electrons. The Bertz CT molecular complexity index is 739. The number of anilines is 1. The first-order valence-electron chi connectivity index (χ1n) is 7.70. The van der Waals surface area contributed by atoms with Gasteiger partial charge in [-0.3, -0.25) is 0 Å². The molecular weight excluding hydrogens is 348 g/mol. The number of benzene rings is 1. The van der Waals surface area contributed by atoms with E-state index in [4.69, 9.17) is 4.74 Å². The monoisotopic (exact) mass is 368 g/mol. The summed E-state index contributed by atoms with van der Waals surface area (Å²) in [6, 6.07) is 10.8. The molecule has 1 aromatic carbocycles. The van der Waals surface area contributed by atoms with Crippen molar-refractivity contribution < 1.29 is 18.3 Å². The van der Waals surface area contributed by atoms with E-state index in [9.17, 15) is 13.5 Å². The van der Waals surface area contributed by atoms with Crippen molar-refractivity contribution in [3.05, 3.63) is 47.3 Å². The summed E-state index contributed by atoms with van der Waals surface area (Å²) in [5.41, 5.74) is 1.76. The van der Waals surface area contributed by atoms with E-state index < -0.39 is 16.1 Å². The lowest BCUT2D eigenvalue weighted by molar-refractivity contribution is 0.122. The Morgan fingerprint density at radius 2 is 1.92 bits per heavy atom. The van der Waals surface area contributed by atoms with Crippen molar-refractivity contribution in [3.63, 3.8) is 0 Å². The van der Waals surface area contributed by atoms with Crippen LogP contribution in [0.3, 0.4) is 0 Å². The Hall–Kier alpha value is -1.45. The van der Waals surface area contributed by atoms with E-state index in [1.165, 1.54) is 6.07 Å². The van der Waals surface area contributed by atoms with Crippen LogP contribution in [-0.2, 0) is 14.8 Å². The molecular formula is C16H20N2O4S2. The fourth-order valence-electron chi connectivity index (χ4n) is 2.52. The van der Waals surface area contributed by atoms with Crippen molar-refractivity contribution in [2.75, 3.05) is 37.7 Å². The molecule has 1 fully saturated rings. The number of hydrogen-bond acceptors (Lipinski definition) is 6. The van der Waals surface area contributed by atoms with E-state index in [0.29, 0.717) is 5.56 Å². The zero-order chi connectivity index (χ0) is 17.0. The summed E-state index contributed by atoms with van der Waals surface area (Å²) >= 11 is 1.15. The summed E-state index contributed by atoms with van der Waals surface area (Å²) in [5, 5.41) is 11.9. The first kappa shape index (κ1) is 17.4. The molecule has 0 bridgehead atoms. The maximum absolute atomic E-state index is 12.1. The number of nitrogens with one attached hydrogen (secondary N) is 1. The number of ether oxygens (including phenoxy) is 1. The van der Waals surface area contributed by atoms with Crippen molar-refractivity contribution in [1.29, 1.82) is 0 Å². The molecule has 6 nitrogen and oxygen atoms in total. The molecule has 0 spiro atoms. The number of sulfonamides is 1. The van der Waals surface area contributed by atoms with E-state index in [1.54, 1.807) is 11.4 Å². The number of rotatable bonds is 6. The van der Waals surface area contributed by atoms with Gasteiger partial charge in [0.25, 0.3) is 0 Å². The lowest BCUT2D eigenvalue weighted by Gasteiger charge is -2.29. The second-order valence-corrected chi connectivity index (χ2v) is 8.43. The van der Waals surface area contributed by atoms with Crippen molar-refractivity contribution in [3.8, 4) is 0 Å². The van der Waals surface area contributed by atoms with E-state index in [2.05, 4.69) is 9.62 Å². The average molecular weight is 368 g/mol. The molecule has 2 heterocycles. The van der Waals surface area contributed by atoms with Gasteiger partial charge in [-0.25, -0.2) is 13.1 Å². The third kappa shape index (κ3) is 4.14. The largest absolute Gasteiger partial charge is 0.387 e. The molecule has 0 radical (unpaired) electrons. The fraction of sp³-hybridized carbons (Fsp3) is 0.375. The summed E-state index contributed by atoms with van der Waals surface area (Å²) in [5.74, 6) is 0. The van der Waals surface area contributed by atoms with E-state index in [-0.39, 0.29) is 10.8 Å². The number of aliphatic hydroxyl groups is 1. The summed E-state index contributed by atoms with van der Waals surface area (Å²) in [6.45, 7) is 3.08. The number of thiophene rings is 1. The predicted molar refractivity (Wildman–Crippen MR) is 93.9 cm³/mol. The molecule has 2 N–H and O–H groups in total. The molecule has 0 saturated carbocycles. The molecule has 2 aromatic rings. The minimum absolute atomic E-state index is 0.0584. The highest BCUT2D eigenvalue weighted by Gasteiger charge is 2.18. The van der Waals surface area contributed by atoms with Crippen LogP contribution < -0.4 is 9.62 Å². The number of nitrogens with zero attached hydrogens (tertiary/aromatic N) is 1. The van der Waals surface area contributed by atoms with Crippen LogP contribution in [0.5, 0.6) is 0 Å². The molecule has 1 atom stereocenters. The molecule has 1 aromatic heterocycles. The molecule has 3 rings (SSSR count). The van der Waals surface area contributed by atoms with Crippen LogP contribution in [-0.4, -0.2) is 46.4 Å². The fourth-order valence-corrected chi connectivity index (χ4v) is 4.60. The highest BCUT2D eigenvalue weighted by atomic mass is 32.2. The third-order valence-corrected chi connectivity index (χ3v) is 6.70. The molecule has 24 heavy (non-hydrogen) atoms. The zero-order valence-electron chi connectivity index (χ0n) is 13.1. The SMILES string of the molecule is O=S(=O)(NCC(O)c1ccc(N2CCOCC2)cc1)c1cccs1. The summed E-state index contributed by atoms with van der Waals surface area (Å²) in [4.78, 5) is 2.22.